The minimum absolute atomic E-state index is 0.566. The number of aromatic nitrogens is 4. The van der Waals surface area contributed by atoms with Crippen molar-refractivity contribution in [1.29, 1.82) is 0 Å². The first-order valence-corrected chi connectivity index (χ1v) is 20.3. The summed E-state index contributed by atoms with van der Waals surface area (Å²) in [7, 11) is -6.63. The van der Waals surface area contributed by atoms with Crippen molar-refractivity contribution in [2.24, 2.45) is 0 Å². The Morgan fingerprint density at radius 3 is 1.02 bits per heavy atom. The van der Waals surface area contributed by atoms with Crippen molar-refractivity contribution in [3.8, 4) is 0 Å². The first-order chi connectivity index (χ1) is 24.3. The predicted octanol–water partition coefficient (Wildman–Crippen LogP) is 4.56. The SMILES string of the molecule is c1ccc([Si](c2ccccc2)(c2ccccc2)N(c2cnc3ncncc3n2)[Si](c2ccccc2)(c2ccccc2)c2ccccc2)cc1. The van der Waals surface area contributed by atoms with E-state index in [0.29, 0.717) is 11.2 Å². The summed E-state index contributed by atoms with van der Waals surface area (Å²) in [6.07, 6.45) is 5.23. The van der Waals surface area contributed by atoms with E-state index >= 15 is 0 Å². The van der Waals surface area contributed by atoms with E-state index in [9.17, 15) is 0 Å². The molecule has 0 aliphatic rings. The third-order valence-corrected chi connectivity index (χ3v) is 20.1. The van der Waals surface area contributed by atoms with E-state index in [-0.39, 0.29) is 0 Å². The summed E-state index contributed by atoms with van der Waals surface area (Å²) in [5, 5.41) is 7.49. The highest BCUT2D eigenvalue weighted by Gasteiger charge is 2.58. The second-order valence-corrected chi connectivity index (χ2v) is 19.6. The lowest BCUT2D eigenvalue weighted by atomic mass is 10.3. The molecule has 0 amide bonds. The van der Waals surface area contributed by atoms with Crippen LogP contribution in [0.25, 0.3) is 11.2 Å². The molecule has 5 nitrogen and oxygen atoms in total. The van der Waals surface area contributed by atoms with Crippen LogP contribution in [0.15, 0.2) is 201 Å². The zero-order chi connectivity index (χ0) is 32.9. The molecule has 0 bridgehead atoms. The Kier molecular flexibility index (Phi) is 8.19. The van der Waals surface area contributed by atoms with E-state index in [4.69, 9.17) is 9.97 Å². The Morgan fingerprint density at radius 2 is 0.694 bits per heavy atom. The summed E-state index contributed by atoms with van der Waals surface area (Å²) < 4.78 is 2.76. The highest BCUT2D eigenvalue weighted by atomic mass is 28.4. The maximum absolute atomic E-state index is 5.47. The van der Waals surface area contributed by atoms with E-state index in [0.717, 1.165) is 5.82 Å². The van der Waals surface area contributed by atoms with Gasteiger partial charge in [0.15, 0.2) is 5.65 Å². The summed E-state index contributed by atoms with van der Waals surface area (Å²) in [6, 6.07) is 66.2. The molecule has 0 saturated heterocycles. The molecule has 8 aromatic rings. The van der Waals surface area contributed by atoms with Crippen molar-refractivity contribution >= 4 is 64.6 Å². The lowest BCUT2D eigenvalue weighted by Crippen LogP contribution is -2.91. The van der Waals surface area contributed by atoms with Gasteiger partial charge in [-0.05, 0) is 31.1 Å². The van der Waals surface area contributed by atoms with Gasteiger partial charge in [-0.15, -0.1) is 0 Å². The molecule has 234 valence electrons. The Hall–Kier alpha value is -6.03. The van der Waals surface area contributed by atoms with Gasteiger partial charge in [0.25, 0.3) is 0 Å². The maximum Gasteiger partial charge on any atom is 0.247 e. The number of hydrogen-bond acceptors (Lipinski definition) is 5. The molecule has 2 heterocycles. The quantitative estimate of drug-likeness (QED) is 0.168. The number of rotatable bonds is 9. The fourth-order valence-electron chi connectivity index (χ4n) is 7.32. The summed E-state index contributed by atoms with van der Waals surface area (Å²) in [6.45, 7) is 0. The predicted molar refractivity (Wildman–Crippen MR) is 206 cm³/mol. The van der Waals surface area contributed by atoms with Crippen molar-refractivity contribution in [3.63, 3.8) is 0 Å². The molecule has 49 heavy (non-hydrogen) atoms. The van der Waals surface area contributed by atoms with Crippen molar-refractivity contribution in [1.82, 2.24) is 19.9 Å². The van der Waals surface area contributed by atoms with Crippen LogP contribution in [0.2, 0.25) is 0 Å². The molecule has 0 atom stereocenters. The smallest absolute Gasteiger partial charge is 0.247 e. The van der Waals surface area contributed by atoms with Crippen LogP contribution < -0.4 is 35.4 Å². The summed E-state index contributed by atoms with van der Waals surface area (Å²) >= 11 is 0. The monoisotopic (exact) mass is 663 g/mol. The van der Waals surface area contributed by atoms with Crippen LogP contribution in [0.5, 0.6) is 0 Å². The Bertz CT molecular complexity index is 1960. The molecular weight excluding hydrogens is 631 g/mol. The fourth-order valence-corrected chi connectivity index (χ4v) is 20.2. The lowest BCUT2D eigenvalue weighted by Gasteiger charge is -2.54. The van der Waals surface area contributed by atoms with Crippen LogP contribution in [-0.2, 0) is 0 Å². The topological polar surface area (TPSA) is 54.8 Å². The largest absolute Gasteiger partial charge is 0.386 e. The van der Waals surface area contributed by atoms with Gasteiger partial charge in [0, 0.05) is 0 Å². The zero-order valence-corrected chi connectivity index (χ0v) is 28.8. The zero-order valence-electron chi connectivity index (χ0n) is 26.8. The van der Waals surface area contributed by atoms with Gasteiger partial charge in [0.2, 0.25) is 16.5 Å². The lowest BCUT2D eigenvalue weighted by molar-refractivity contribution is 1.14. The average Bonchev–Trinajstić information content (AvgIpc) is 3.20. The van der Waals surface area contributed by atoms with E-state index in [2.05, 4.69) is 196 Å². The van der Waals surface area contributed by atoms with Gasteiger partial charge in [-0.3, -0.25) is 0 Å². The second kappa shape index (κ2) is 13.2. The Morgan fingerprint density at radius 1 is 0.367 bits per heavy atom. The standard InChI is InChI=1S/C42H33N5Si2/c1-7-19-34(20-8-1)48(35-21-9-2-10-22-35,36-23-11-3-12-24-36)47(41-32-44-42-40(46-41)31-43-33-45-42)49(37-25-13-4-14-26-37,38-27-15-5-16-28-38)39-29-17-6-18-30-39/h1-33H. The van der Waals surface area contributed by atoms with E-state index in [1.54, 1.807) is 6.20 Å². The molecule has 0 fully saturated rings. The highest BCUT2D eigenvalue weighted by Crippen LogP contribution is 2.29. The molecule has 7 heteroatoms. The van der Waals surface area contributed by atoms with Gasteiger partial charge in [0.1, 0.15) is 17.7 Å². The van der Waals surface area contributed by atoms with E-state index in [1.165, 1.54) is 37.4 Å². The van der Waals surface area contributed by atoms with Gasteiger partial charge in [-0.2, -0.15) is 0 Å². The van der Waals surface area contributed by atoms with Crippen LogP contribution in [0.1, 0.15) is 0 Å². The van der Waals surface area contributed by atoms with Crippen LogP contribution in [0.4, 0.5) is 5.82 Å². The van der Waals surface area contributed by atoms with Gasteiger partial charge in [0.05, 0.1) is 12.4 Å². The van der Waals surface area contributed by atoms with Crippen molar-refractivity contribution in [2.75, 3.05) is 4.23 Å². The van der Waals surface area contributed by atoms with Gasteiger partial charge in [-0.1, -0.05) is 182 Å². The third kappa shape index (κ3) is 5.16. The first-order valence-electron chi connectivity index (χ1n) is 16.4. The van der Waals surface area contributed by atoms with Crippen LogP contribution >= 0.6 is 0 Å². The van der Waals surface area contributed by atoms with Crippen LogP contribution in [-0.4, -0.2) is 36.4 Å². The fraction of sp³-hybridized carbons (Fsp3) is 0. The number of nitrogens with zero attached hydrogens (tertiary/aromatic N) is 5. The summed E-state index contributed by atoms with van der Waals surface area (Å²) in [5.74, 6) is 0.786. The Balaban J connectivity index is 1.66. The number of fused-ring (bicyclic) bond motifs is 1. The van der Waals surface area contributed by atoms with E-state index < -0.39 is 16.5 Å². The second-order valence-electron chi connectivity index (χ2n) is 11.9. The Labute approximate surface area is 288 Å². The van der Waals surface area contributed by atoms with Crippen LogP contribution in [0.3, 0.4) is 0 Å². The van der Waals surface area contributed by atoms with Crippen LogP contribution in [0, 0.1) is 0 Å². The molecular formula is C42H33N5Si2. The number of anilines is 1. The van der Waals surface area contributed by atoms with Gasteiger partial charge >= 0.3 is 0 Å². The average molecular weight is 664 g/mol. The first kappa shape index (κ1) is 30.3. The molecule has 0 N–H and O–H groups in total. The molecule has 8 rings (SSSR count). The normalized spacial score (nSPS) is 11.7. The van der Waals surface area contributed by atoms with E-state index in [1.807, 2.05) is 6.20 Å². The molecule has 0 saturated carbocycles. The number of benzene rings is 6. The summed E-state index contributed by atoms with van der Waals surface area (Å²) in [5.41, 5.74) is 1.22. The highest BCUT2D eigenvalue weighted by molar-refractivity contribution is 7.29. The van der Waals surface area contributed by atoms with Crippen molar-refractivity contribution in [3.05, 3.63) is 201 Å². The molecule has 6 aromatic carbocycles. The van der Waals surface area contributed by atoms with Crippen molar-refractivity contribution < 1.29 is 0 Å². The minimum atomic E-state index is -3.31. The molecule has 2 aromatic heterocycles. The number of hydrogen-bond donors (Lipinski definition) is 0. The molecule has 0 aliphatic carbocycles. The molecule has 0 spiro atoms. The van der Waals surface area contributed by atoms with Crippen molar-refractivity contribution in [2.45, 2.75) is 0 Å². The summed E-state index contributed by atoms with van der Waals surface area (Å²) in [4.78, 5) is 19.3. The van der Waals surface area contributed by atoms with Gasteiger partial charge < -0.3 is 4.23 Å². The molecule has 0 radical (unpaired) electrons. The molecule has 0 unspecified atom stereocenters. The molecule has 0 aliphatic heterocycles. The minimum Gasteiger partial charge on any atom is -0.386 e. The third-order valence-electron chi connectivity index (χ3n) is 9.26. The van der Waals surface area contributed by atoms with Gasteiger partial charge in [-0.25, -0.2) is 19.9 Å². The maximum atomic E-state index is 5.47.